The normalized spacial score (nSPS) is 15.0. The molecule has 0 spiro atoms. The molecule has 2 heterocycles. The summed E-state index contributed by atoms with van der Waals surface area (Å²) < 4.78 is 4.80. The highest BCUT2D eigenvalue weighted by molar-refractivity contribution is 6.12. The van der Waals surface area contributed by atoms with Gasteiger partial charge in [0.1, 0.15) is 0 Å². The highest BCUT2D eigenvalue weighted by atomic mass is 15.0. The zero-order chi connectivity index (χ0) is 29.0. The number of para-hydroxylation sites is 4. The van der Waals surface area contributed by atoms with E-state index in [1.807, 2.05) is 0 Å². The van der Waals surface area contributed by atoms with Gasteiger partial charge in [0.25, 0.3) is 0 Å². The van der Waals surface area contributed by atoms with E-state index in [1.54, 1.807) is 0 Å². The van der Waals surface area contributed by atoms with E-state index in [0.29, 0.717) is 5.92 Å². The maximum absolute atomic E-state index is 2.43. The van der Waals surface area contributed by atoms with E-state index in [0.717, 1.165) is 6.42 Å². The number of benzene rings is 6. The van der Waals surface area contributed by atoms with Crippen molar-refractivity contribution >= 4 is 49.2 Å². The SMILES string of the molecule is C1=CC(c2cccc3c2c2ccccc2n3-c2ccccc2)CC=C1c1ccc2c3ccccc3n(-c3ccccc3)c2c1. The largest absolute Gasteiger partial charge is 0.309 e. The van der Waals surface area contributed by atoms with E-state index >= 15 is 0 Å². The zero-order valence-electron chi connectivity index (χ0n) is 24.3. The Balaban J connectivity index is 1.13. The summed E-state index contributed by atoms with van der Waals surface area (Å²) in [6.07, 6.45) is 8.14. The molecule has 1 unspecified atom stereocenters. The van der Waals surface area contributed by atoms with Crippen molar-refractivity contribution in [2.75, 3.05) is 0 Å². The molecule has 0 saturated carbocycles. The molecule has 0 bridgehead atoms. The van der Waals surface area contributed by atoms with Crippen molar-refractivity contribution in [3.8, 4) is 11.4 Å². The molecule has 2 aromatic heterocycles. The number of aromatic nitrogens is 2. The molecule has 1 atom stereocenters. The van der Waals surface area contributed by atoms with Gasteiger partial charge in [0, 0.05) is 38.8 Å². The maximum Gasteiger partial charge on any atom is 0.0547 e. The van der Waals surface area contributed by atoms with Gasteiger partial charge in [-0.15, -0.1) is 0 Å². The first-order valence-corrected chi connectivity index (χ1v) is 15.4. The predicted molar refractivity (Wildman–Crippen MR) is 186 cm³/mol. The minimum atomic E-state index is 0.317. The van der Waals surface area contributed by atoms with Crippen molar-refractivity contribution in [3.05, 3.63) is 175 Å². The van der Waals surface area contributed by atoms with E-state index in [1.165, 1.54) is 71.7 Å². The lowest BCUT2D eigenvalue weighted by Gasteiger charge is -2.19. The summed E-state index contributed by atoms with van der Waals surface area (Å²) in [7, 11) is 0. The van der Waals surface area contributed by atoms with Crippen LogP contribution in [0.3, 0.4) is 0 Å². The molecule has 2 nitrogen and oxygen atoms in total. The lowest BCUT2D eigenvalue weighted by Crippen LogP contribution is -2.00. The second-order valence-electron chi connectivity index (χ2n) is 11.7. The molecule has 0 radical (unpaired) electrons. The summed E-state index contributed by atoms with van der Waals surface area (Å²) >= 11 is 0. The molecule has 1 aliphatic carbocycles. The third kappa shape index (κ3) is 3.81. The molecular formula is C42H30N2. The molecule has 9 rings (SSSR count). The minimum absolute atomic E-state index is 0.317. The second-order valence-corrected chi connectivity index (χ2v) is 11.7. The molecule has 0 N–H and O–H groups in total. The van der Waals surface area contributed by atoms with Crippen molar-refractivity contribution in [1.82, 2.24) is 9.13 Å². The van der Waals surface area contributed by atoms with E-state index in [9.17, 15) is 0 Å². The third-order valence-corrected chi connectivity index (χ3v) is 9.27. The second kappa shape index (κ2) is 10.00. The van der Waals surface area contributed by atoms with Gasteiger partial charge in [0.2, 0.25) is 0 Å². The van der Waals surface area contributed by atoms with Gasteiger partial charge in [-0.3, -0.25) is 0 Å². The molecule has 6 aromatic carbocycles. The topological polar surface area (TPSA) is 9.86 Å². The van der Waals surface area contributed by atoms with E-state index < -0.39 is 0 Å². The van der Waals surface area contributed by atoms with Crippen molar-refractivity contribution in [3.63, 3.8) is 0 Å². The predicted octanol–water partition coefficient (Wildman–Crippen LogP) is 11.0. The van der Waals surface area contributed by atoms with Crippen molar-refractivity contribution < 1.29 is 0 Å². The highest BCUT2D eigenvalue weighted by Crippen LogP contribution is 2.41. The van der Waals surface area contributed by atoms with Crippen LogP contribution in [0, 0.1) is 0 Å². The van der Waals surface area contributed by atoms with Crippen molar-refractivity contribution in [1.29, 1.82) is 0 Å². The summed E-state index contributed by atoms with van der Waals surface area (Å²) in [5, 5.41) is 5.23. The summed E-state index contributed by atoms with van der Waals surface area (Å²) in [6, 6.07) is 52.7. The summed E-state index contributed by atoms with van der Waals surface area (Å²) in [5.41, 5.74) is 11.3. The van der Waals surface area contributed by atoms with Crippen LogP contribution in [-0.2, 0) is 0 Å². The zero-order valence-corrected chi connectivity index (χ0v) is 24.3. The molecule has 8 aromatic rings. The Morgan fingerprint density at radius 2 is 1.07 bits per heavy atom. The molecule has 0 amide bonds. The smallest absolute Gasteiger partial charge is 0.0547 e. The molecule has 2 heteroatoms. The Labute approximate surface area is 256 Å². The van der Waals surface area contributed by atoms with Gasteiger partial charge in [-0.25, -0.2) is 0 Å². The summed E-state index contributed by atoms with van der Waals surface area (Å²) in [6.45, 7) is 0. The van der Waals surface area contributed by atoms with Gasteiger partial charge in [0.05, 0.1) is 22.1 Å². The fraction of sp³-hybridized carbons (Fsp3) is 0.0476. The summed E-state index contributed by atoms with van der Waals surface area (Å²) in [4.78, 5) is 0. The van der Waals surface area contributed by atoms with E-state index in [2.05, 4.69) is 173 Å². The van der Waals surface area contributed by atoms with Gasteiger partial charge in [0.15, 0.2) is 0 Å². The van der Waals surface area contributed by atoms with Crippen LogP contribution in [0.4, 0.5) is 0 Å². The number of hydrogen-bond donors (Lipinski definition) is 0. The molecule has 0 saturated heterocycles. The van der Waals surface area contributed by atoms with Crippen LogP contribution in [0.15, 0.2) is 164 Å². The van der Waals surface area contributed by atoms with Crippen LogP contribution < -0.4 is 0 Å². The van der Waals surface area contributed by atoms with Crippen LogP contribution in [-0.4, -0.2) is 9.13 Å². The molecule has 1 aliphatic rings. The fourth-order valence-electron chi connectivity index (χ4n) is 7.28. The summed E-state index contributed by atoms with van der Waals surface area (Å²) in [5.74, 6) is 0.317. The van der Waals surface area contributed by atoms with Gasteiger partial charge in [-0.1, -0.05) is 115 Å². The van der Waals surface area contributed by atoms with Crippen molar-refractivity contribution in [2.45, 2.75) is 12.3 Å². The highest BCUT2D eigenvalue weighted by Gasteiger charge is 2.20. The van der Waals surface area contributed by atoms with Crippen LogP contribution >= 0.6 is 0 Å². The van der Waals surface area contributed by atoms with Crippen LogP contribution in [0.2, 0.25) is 0 Å². The lowest BCUT2D eigenvalue weighted by atomic mass is 9.86. The Hall–Kier alpha value is -5.60. The van der Waals surface area contributed by atoms with Gasteiger partial charge in [-0.05, 0) is 71.7 Å². The Morgan fingerprint density at radius 3 is 1.77 bits per heavy atom. The first-order chi connectivity index (χ1) is 21.8. The quantitative estimate of drug-likeness (QED) is 0.202. The monoisotopic (exact) mass is 562 g/mol. The average molecular weight is 563 g/mol. The molecular weight excluding hydrogens is 532 g/mol. The van der Waals surface area contributed by atoms with Crippen molar-refractivity contribution in [2.24, 2.45) is 0 Å². The van der Waals surface area contributed by atoms with Gasteiger partial charge >= 0.3 is 0 Å². The first kappa shape index (κ1) is 24.9. The Morgan fingerprint density at radius 1 is 0.477 bits per heavy atom. The lowest BCUT2D eigenvalue weighted by molar-refractivity contribution is 0.865. The van der Waals surface area contributed by atoms with E-state index in [4.69, 9.17) is 0 Å². The number of hydrogen-bond acceptors (Lipinski definition) is 0. The standard InChI is InChI=1S/C42H30N2/c1-3-12-32(13-4-1)43-39-20-10-8-17-37(39)42-34(18-11-21-40(42)43)30-24-22-29(23-25-30)31-26-27-36-35-16-7-9-19-38(35)44(41(36)28-31)33-14-5-2-6-15-33/h1-24,26-28,30H,25H2. The Kier molecular flexibility index (Phi) is 5.67. The van der Waals surface area contributed by atoms with Crippen LogP contribution in [0.25, 0.3) is 60.6 Å². The van der Waals surface area contributed by atoms with E-state index in [-0.39, 0.29) is 0 Å². The molecule has 0 fully saturated rings. The third-order valence-electron chi connectivity index (χ3n) is 9.27. The van der Waals surface area contributed by atoms with Gasteiger partial charge < -0.3 is 9.13 Å². The number of allylic oxidation sites excluding steroid dienone is 4. The molecule has 44 heavy (non-hydrogen) atoms. The minimum Gasteiger partial charge on any atom is -0.309 e. The Bertz CT molecular complexity index is 2400. The number of nitrogens with zero attached hydrogens (tertiary/aromatic N) is 2. The van der Waals surface area contributed by atoms with Crippen LogP contribution in [0.1, 0.15) is 23.5 Å². The molecule has 0 aliphatic heterocycles. The fourth-order valence-corrected chi connectivity index (χ4v) is 7.28. The number of fused-ring (bicyclic) bond motifs is 6. The average Bonchev–Trinajstić information content (AvgIpc) is 3.62. The maximum atomic E-state index is 2.43. The number of rotatable bonds is 4. The molecule has 208 valence electrons. The first-order valence-electron chi connectivity index (χ1n) is 15.4. The van der Waals surface area contributed by atoms with Gasteiger partial charge in [-0.2, -0.15) is 0 Å². The van der Waals surface area contributed by atoms with Crippen LogP contribution in [0.5, 0.6) is 0 Å².